The topological polar surface area (TPSA) is 103 Å². The number of nitrogens with one attached hydrogen (secondary N) is 1. The van der Waals surface area contributed by atoms with Crippen molar-refractivity contribution in [2.45, 2.75) is 58.0 Å². The Hall–Kier alpha value is -2.32. The second-order valence-corrected chi connectivity index (χ2v) is 7.50. The Labute approximate surface area is 165 Å². The summed E-state index contributed by atoms with van der Waals surface area (Å²) in [6.07, 6.45) is 2.13. The van der Waals surface area contributed by atoms with E-state index in [0.717, 1.165) is 25.9 Å². The number of ether oxygens (including phenoxy) is 4. The Morgan fingerprint density at radius 3 is 2.50 bits per heavy atom. The first-order valence-electron chi connectivity index (χ1n) is 9.43. The Balaban J connectivity index is 1.82. The number of aliphatic carboxylic acids is 1. The molecule has 1 amide bonds. The van der Waals surface area contributed by atoms with E-state index in [0.29, 0.717) is 24.5 Å². The molecule has 8 heteroatoms. The predicted molar refractivity (Wildman–Crippen MR) is 101 cm³/mol. The Bertz CT molecular complexity index is 633. The van der Waals surface area contributed by atoms with Gasteiger partial charge in [-0.25, -0.2) is 9.59 Å². The number of carboxylic acid groups (broad SMARTS) is 1. The van der Waals surface area contributed by atoms with Gasteiger partial charge < -0.3 is 29.4 Å². The molecule has 2 N–H and O–H groups in total. The SMILES string of the molecule is CC(C)(C)OC(=O)NC(C(=O)O)c1ccc(OCCO[C@@H]2CCCCO2)cc1. The number of hydrogen-bond acceptors (Lipinski definition) is 6. The van der Waals surface area contributed by atoms with Crippen LogP contribution in [0.3, 0.4) is 0 Å². The number of carbonyl (C=O) groups excluding carboxylic acids is 1. The molecule has 1 aromatic rings. The van der Waals surface area contributed by atoms with Gasteiger partial charge in [0.1, 0.15) is 18.0 Å². The molecule has 0 aliphatic carbocycles. The second-order valence-electron chi connectivity index (χ2n) is 7.50. The number of alkyl carbamates (subject to hydrolysis) is 1. The van der Waals surface area contributed by atoms with Gasteiger partial charge in [0.25, 0.3) is 0 Å². The van der Waals surface area contributed by atoms with Crippen LogP contribution in [0.25, 0.3) is 0 Å². The van der Waals surface area contributed by atoms with E-state index in [1.807, 2.05) is 0 Å². The zero-order valence-electron chi connectivity index (χ0n) is 16.6. The molecule has 1 aliphatic heterocycles. The zero-order valence-corrected chi connectivity index (χ0v) is 16.6. The minimum Gasteiger partial charge on any atom is -0.491 e. The maximum Gasteiger partial charge on any atom is 0.408 e. The van der Waals surface area contributed by atoms with Crippen molar-refractivity contribution >= 4 is 12.1 Å². The first-order valence-corrected chi connectivity index (χ1v) is 9.43. The van der Waals surface area contributed by atoms with Crippen molar-refractivity contribution < 1.29 is 33.6 Å². The van der Waals surface area contributed by atoms with Crippen LogP contribution in [0.2, 0.25) is 0 Å². The summed E-state index contributed by atoms with van der Waals surface area (Å²) in [5, 5.41) is 11.8. The van der Waals surface area contributed by atoms with Crippen LogP contribution >= 0.6 is 0 Å². The molecule has 0 saturated carbocycles. The van der Waals surface area contributed by atoms with Crippen LogP contribution < -0.4 is 10.1 Å². The molecule has 1 aromatic carbocycles. The summed E-state index contributed by atoms with van der Waals surface area (Å²) in [7, 11) is 0. The number of amides is 1. The van der Waals surface area contributed by atoms with Crippen LogP contribution in [0.4, 0.5) is 4.79 Å². The minimum atomic E-state index is -1.21. The van der Waals surface area contributed by atoms with E-state index in [1.165, 1.54) is 0 Å². The first kappa shape index (κ1) is 22.0. The molecular formula is C20H29NO7. The van der Waals surface area contributed by atoms with Gasteiger partial charge in [0.05, 0.1) is 6.61 Å². The quantitative estimate of drug-likeness (QED) is 0.651. The van der Waals surface area contributed by atoms with Crippen molar-refractivity contribution in [3.8, 4) is 5.75 Å². The fourth-order valence-corrected chi connectivity index (χ4v) is 2.65. The van der Waals surface area contributed by atoms with Gasteiger partial charge in [-0.3, -0.25) is 0 Å². The molecule has 0 aromatic heterocycles. The van der Waals surface area contributed by atoms with Gasteiger partial charge in [-0.05, 0) is 57.7 Å². The normalized spacial score (nSPS) is 18.2. The van der Waals surface area contributed by atoms with Gasteiger partial charge >= 0.3 is 12.1 Å². The van der Waals surface area contributed by atoms with E-state index in [4.69, 9.17) is 18.9 Å². The van der Waals surface area contributed by atoms with Gasteiger partial charge in [0.2, 0.25) is 0 Å². The molecule has 156 valence electrons. The highest BCUT2D eigenvalue weighted by Gasteiger charge is 2.25. The molecule has 1 aliphatic rings. The van der Waals surface area contributed by atoms with Crippen LogP contribution in [0, 0.1) is 0 Å². The monoisotopic (exact) mass is 395 g/mol. The third-order valence-electron chi connectivity index (χ3n) is 3.92. The molecule has 1 fully saturated rings. The van der Waals surface area contributed by atoms with Gasteiger partial charge in [-0.2, -0.15) is 0 Å². The van der Waals surface area contributed by atoms with Crippen LogP contribution in [0.5, 0.6) is 5.75 Å². The lowest BCUT2D eigenvalue weighted by atomic mass is 10.1. The fourth-order valence-electron chi connectivity index (χ4n) is 2.65. The standard InChI is InChI=1S/C20H29NO7/c1-20(2,3)28-19(24)21-17(18(22)23)14-7-9-15(10-8-14)25-12-13-27-16-6-4-5-11-26-16/h7-10,16-17H,4-6,11-13H2,1-3H3,(H,21,24)(H,22,23)/t16-,17?/m1/s1. The predicted octanol–water partition coefficient (Wildman–Crippen LogP) is 3.26. The maximum atomic E-state index is 11.9. The van der Waals surface area contributed by atoms with Crippen molar-refractivity contribution in [3.63, 3.8) is 0 Å². The van der Waals surface area contributed by atoms with Crippen molar-refractivity contribution in [3.05, 3.63) is 29.8 Å². The lowest BCUT2D eigenvalue weighted by Crippen LogP contribution is -2.38. The molecule has 8 nitrogen and oxygen atoms in total. The highest BCUT2D eigenvalue weighted by atomic mass is 16.7. The van der Waals surface area contributed by atoms with Gasteiger partial charge in [0, 0.05) is 6.61 Å². The molecule has 1 saturated heterocycles. The Morgan fingerprint density at radius 2 is 1.93 bits per heavy atom. The molecule has 1 unspecified atom stereocenters. The smallest absolute Gasteiger partial charge is 0.408 e. The molecule has 0 bridgehead atoms. The van der Waals surface area contributed by atoms with Crippen LogP contribution in [0.1, 0.15) is 51.6 Å². The summed E-state index contributed by atoms with van der Waals surface area (Å²) in [6, 6.07) is 5.28. The third-order valence-corrected chi connectivity index (χ3v) is 3.92. The van der Waals surface area contributed by atoms with E-state index < -0.39 is 23.7 Å². The summed E-state index contributed by atoms with van der Waals surface area (Å²) >= 11 is 0. The Kier molecular flexibility index (Phi) is 8.07. The summed E-state index contributed by atoms with van der Waals surface area (Å²) in [4.78, 5) is 23.4. The van der Waals surface area contributed by atoms with E-state index >= 15 is 0 Å². The largest absolute Gasteiger partial charge is 0.491 e. The van der Waals surface area contributed by atoms with Crippen LogP contribution in [0.15, 0.2) is 24.3 Å². The Morgan fingerprint density at radius 1 is 1.21 bits per heavy atom. The summed E-state index contributed by atoms with van der Waals surface area (Å²) in [5.41, 5.74) is -0.298. The number of carboxylic acids is 1. The van der Waals surface area contributed by atoms with Crippen molar-refractivity contribution in [1.82, 2.24) is 5.32 Å². The van der Waals surface area contributed by atoms with E-state index in [-0.39, 0.29) is 6.29 Å². The molecular weight excluding hydrogens is 366 g/mol. The van der Waals surface area contributed by atoms with Gasteiger partial charge in [0.15, 0.2) is 12.3 Å². The number of rotatable bonds is 8. The number of carbonyl (C=O) groups is 2. The van der Waals surface area contributed by atoms with E-state index in [2.05, 4.69) is 5.32 Å². The number of benzene rings is 1. The lowest BCUT2D eigenvalue weighted by Gasteiger charge is -2.22. The molecule has 2 rings (SSSR count). The van der Waals surface area contributed by atoms with Crippen molar-refractivity contribution in [2.24, 2.45) is 0 Å². The number of hydrogen-bond donors (Lipinski definition) is 2. The zero-order chi connectivity index (χ0) is 20.6. The van der Waals surface area contributed by atoms with E-state index in [9.17, 15) is 14.7 Å². The fraction of sp³-hybridized carbons (Fsp3) is 0.600. The van der Waals surface area contributed by atoms with Gasteiger partial charge in [-0.15, -0.1) is 0 Å². The highest BCUT2D eigenvalue weighted by Crippen LogP contribution is 2.19. The van der Waals surface area contributed by atoms with Crippen molar-refractivity contribution in [2.75, 3.05) is 19.8 Å². The average Bonchev–Trinajstić information content (AvgIpc) is 2.63. The molecule has 0 radical (unpaired) electrons. The second kappa shape index (κ2) is 10.3. The summed E-state index contributed by atoms with van der Waals surface area (Å²) < 4.78 is 21.8. The molecule has 0 spiro atoms. The molecule has 28 heavy (non-hydrogen) atoms. The summed E-state index contributed by atoms with van der Waals surface area (Å²) in [6.45, 7) is 6.62. The molecule has 1 heterocycles. The van der Waals surface area contributed by atoms with E-state index in [1.54, 1.807) is 45.0 Å². The lowest BCUT2D eigenvalue weighted by molar-refractivity contribution is -0.165. The van der Waals surface area contributed by atoms with Crippen LogP contribution in [-0.4, -0.2) is 48.9 Å². The summed E-state index contributed by atoms with van der Waals surface area (Å²) in [5.74, 6) is -0.598. The highest BCUT2D eigenvalue weighted by molar-refractivity contribution is 5.81. The van der Waals surface area contributed by atoms with Crippen LogP contribution in [-0.2, 0) is 19.0 Å². The minimum absolute atomic E-state index is 0.157. The average molecular weight is 395 g/mol. The molecule has 2 atom stereocenters. The third kappa shape index (κ3) is 7.74. The first-order chi connectivity index (χ1) is 13.2. The van der Waals surface area contributed by atoms with Gasteiger partial charge in [-0.1, -0.05) is 12.1 Å². The van der Waals surface area contributed by atoms with Crippen molar-refractivity contribution in [1.29, 1.82) is 0 Å². The maximum absolute atomic E-state index is 11.9.